The van der Waals surface area contributed by atoms with Gasteiger partial charge in [-0.2, -0.15) is 0 Å². The van der Waals surface area contributed by atoms with Crippen molar-refractivity contribution in [2.75, 3.05) is 11.1 Å². The zero-order valence-electron chi connectivity index (χ0n) is 20.8. The average Bonchev–Trinajstić information content (AvgIpc) is 3.67. The van der Waals surface area contributed by atoms with Gasteiger partial charge in [0.25, 0.3) is 11.8 Å². The summed E-state index contributed by atoms with van der Waals surface area (Å²) in [6.07, 6.45) is 5.76. The Morgan fingerprint density at radius 2 is 1.87 bits per heavy atom. The van der Waals surface area contributed by atoms with E-state index in [1.807, 2.05) is 6.92 Å². The Labute approximate surface area is 224 Å². The first-order valence-electron chi connectivity index (χ1n) is 12.4. The minimum absolute atomic E-state index is 0.0518. The third kappa shape index (κ3) is 5.44. The van der Waals surface area contributed by atoms with Crippen molar-refractivity contribution in [2.24, 2.45) is 0 Å². The highest BCUT2D eigenvalue weighted by molar-refractivity contribution is 7.91. The maximum absolute atomic E-state index is 13.2. The standard InChI is InChI=1S/C27H27N3O6S2/c1-2-14-38(33,34)19-11-9-17(10-12-19)22-15-21(30-36-22)25(31)29-27-24(20-7-3-4-8-23(20)37-27)26(32)28-16-18-6-5-13-35-18/h5-6,9-13,15H,2-4,7-8,14,16H2,1H3,(H,28,32)(H,29,31). The minimum atomic E-state index is -3.33. The van der Waals surface area contributed by atoms with E-state index in [9.17, 15) is 18.0 Å². The first-order chi connectivity index (χ1) is 18.4. The molecule has 5 rings (SSSR count). The van der Waals surface area contributed by atoms with E-state index in [0.29, 0.717) is 34.1 Å². The van der Waals surface area contributed by atoms with Crippen molar-refractivity contribution < 1.29 is 26.9 Å². The quantitative estimate of drug-likeness (QED) is 0.290. The summed E-state index contributed by atoms with van der Waals surface area (Å²) >= 11 is 1.42. The van der Waals surface area contributed by atoms with E-state index in [4.69, 9.17) is 8.94 Å². The Morgan fingerprint density at radius 1 is 1.08 bits per heavy atom. The van der Waals surface area contributed by atoms with E-state index in [-0.39, 0.29) is 28.8 Å². The Hall–Kier alpha value is -3.70. The van der Waals surface area contributed by atoms with Crippen LogP contribution in [0.1, 0.15) is 63.2 Å². The van der Waals surface area contributed by atoms with Crippen LogP contribution in [0.2, 0.25) is 0 Å². The summed E-state index contributed by atoms with van der Waals surface area (Å²) in [7, 11) is -3.33. The molecular formula is C27H27N3O6S2. The van der Waals surface area contributed by atoms with Gasteiger partial charge in [0.05, 0.1) is 29.0 Å². The van der Waals surface area contributed by atoms with Gasteiger partial charge in [-0.25, -0.2) is 8.42 Å². The van der Waals surface area contributed by atoms with Gasteiger partial charge >= 0.3 is 0 Å². The number of rotatable bonds is 9. The summed E-state index contributed by atoms with van der Waals surface area (Å²) in [6, 6.07) is 11.3. The van der Waals surface area contributed by atoms with Crippen LogP contribution < -0.4 is 10.6 Å². The fourth-order valence-electron chi connectivity index (χ4n) is 4.46. The molecule has 0 saturated heterocycles. The molecule has 198 valence electrons. The van der Waals surface area contributed by atoms with Crippen LogP contribution >= 0.6 is 11.3 Å². The van der Waals surface area contributed by atoms with Crippen LogP contribution in [0, 0.1) is 0 Å². The molecule has 11 heteroatoms. The van der Waals surface area contributed by atoms with Crippen LogP contribution in [0.5, 0.6) is 0 Å². The maximum atomic E-state index is 13.2. The summed E-state index contributed by atoms with van der Waals surface area (Å²) in [6.45, 7) is 2.06. The first kappa shape index (κ1) is 25.9. The Bertz CT molecular complexity index is 1550. The number of hydrogen-bond acceptors (Lipinski definition) is 8. The zero-order valence-corrected chi connectivity index (χ0v) is 22.4. The maximum Gasteiger partial charge on any atom is 0.278 e. The highest BCUT2D eigenvalue weighted by atomic mass is 32.2. The molecule has 0 aliphatic heterocycles. The normalized spacial score (nSPS) is 13.2. The molecule has 0 fully saturated rings. The third-order valence-electron chi connectivity index (χ3n) is 6.34. The number of thiophene rings is 1. The first-order valence-corrected chi connectivity index (χ1v) is 14.9. The third-order valence-corrected chi connectivity index (χ3v) is 9.49. The van der Waals surface area contributed by atoms with Crippen LogP contribution in [0.4, 0.5) is 5.00 Å². The molecule has 1 aliphatic rings. The Balaban J connectivity index is 1.34. The lowest BCUT2D eigenvalue weighted by atomic mass is 9.95. The lowest BCUT2D eigenvalue weighted by molar-refractivity contribution is 0.0948. The van der Waals surface area contributed by atoms with Crippen molar-refractivity contribution in [1.82, 2.24) is 10.5 Å². The van der Waals surface area contributed by atoms with Crippen molar-refractivity contribution in [1.29, 1.82) is 0 Å². The number of amides is 2. The molecule has 2 amide bonds. The smallest absolute Gasteiger partial charge is 0.278 e. The molecule has 4 aromatic rings. The number of carbonyl (C=O) groups excluding carboxylic acids is 2. The second-order valence-electron chi connectivity index (χ2n) is 9.05. The van der Waals surface area contributed by atoms with Gasteiger partial charge in [-0.05, 0) is 74.1 Å². The van der Waals surface area contributed by atoms with Gasteiger partial charge in [-0.3, -0.25) is 9.59 Å². The van der Waals surface area contributed by atoms with Crippen LogP contribution in [0.3, 0.4) is 0 Å². The van der Waals surface area contributed by atoms with E-state index < -0.39 is 15.7 Å². The molecule has 38 heavy (non-hydrogen) atoms. The number of aryl methyl sites for hydroxylation is 1. The van der Waals surface area contributed by atoms with Crippen molar-refractivity contribution in [3.8, 4) is 11.3 Å². The summed E-state index contributed by atoms with van der Waals surface area (Å²) in [4.78, 5) is 27.6. The van der Waals surface area contributed by atoms with Gasteiger partial charge in [0.2, 0.25) is 0 Å². The lowest BCUT2D eigenvalue weighted by Gasteiger charge is -2.13. The molecular weight excluding hydrogens is 526 g/mol. The van der Waals surface area contributed by atoms with Gasteiger partial charge in [0, 0.05) is 16.5 Å². The van der Waals surface area contributed by atoms with Crippen molar-refractivity contribution in [3.63, 3.8) is 0 Å². The fraction of sp³-hybridized carbons (Fsp3) is 0.296. The number of sulfone groups is 1. The monoisotopic (exact) mass is 553 g/mol. The highest BCUT2D eigenvalue weighted by Gasteiger charge is 2.27. The molecule has 0 atom stereocenters. The number of aromatic nitrogens is 1. The molecule has 0 unspecified atom stereocenters. The largest absolute Gasteiger partial charge is 0.467 e. The van der Waals surface area contributed by atoms with Crippen LogP contribution in [-0.4, -0.2) is 31.1 Å². The van der Waals surface area contributed by atoms with Gasteiger partial charge in [0.1, 0.15) is 10.8 Å². The van der Waals surface area contributed by atoms with E-state index in [1.54, 1.807) is 30.5 Å². The molecule has 0 bridgehead atoms. The predicted octanol–water partition coefficient (Wildman–Crippen LogP) is 5.24. The molecule has 0 spiro atoms. The predicted molar refractivity (Wildman–Crippen MR) is 143 cm³/mol. The number of furan rings is 1. The van der Waals surface area contributed by atoms with Crippen molar-refractivity contribution >= 4 is 38.0 Å². The molecule has 9 nitrogen and oxygen atoms in total. The molecule has 1 aliphatic carbocycles. The minimum Gasteiger partial charge on any atom is -0.467 e. The van der Waals surface area contributed by atoms with Gasteiger partial charge in [-0.1, -0.05) is 12.1 Å². The number of nitrogens with zero attached hydrogens (tertiary/aromatic N) is 1. The second-order valence-corrected chi connectivity index (χ2v) is 12.3. The van der Waals surface area contributed by atoms with Gasteiger partial charge < -0.3 is 19.6 Å². The molecule has 0 radical (unpaired) electrons. The van der Waals surface area contributed by atoms with Crippen LogP contribution in [0.15, 0.2) is 62.6 Å². The molecule has 0 saturated carbocycles. The number of anilines is 1. The van der Waals surface area contributed by atoms with E-state index in [1.165, 1.54) is 29.5 Å². The Morgan fingerprint density at radius 3 is 2.61 bits per heavy atom. The van der Waals surface area contributed by atoms with Crippen molar-refractivity contribution in [2.45, 2.75) is 50.5 Å². The van der Waals surface area contributed by atoms with Crippen LogP contribution in [-0.2, 0) is 29.2 Å². The summed E-state index contributed by atoms with van der Waals surface area (Å²) in [5.41, 5.74) is 2.11. The highest BCUT2D eigenvalue weighted by Crippen LogP contribution is 2.38. The number of benzene rings is 1. The summed E-state index contributed by atoms with van der Waals surface area (Å²) < 4.78 is 35.2. The second kappa shape index (κ2) is 11.0. The molecule has 1 aromatic carbocycles. The van der Waals surface area contributed by atoms with E-state index >= 15 is 0 Å². The van der Waals surface area contributed by atoms with E-state index in [0.717, 1.165) is 36.1 Å². The lowest BCUT2D eigenvalue weighted by Crippen LogP contribution is -2.25. The Kier molecular flexibility index (Phi) is 7.48. The summed E-state index contributed by atoms with van der Waals surface area (Å²) in [5, 5.41) is 10.1. The topological polar surface area (TPSA) is 132 Å². The van der Waals surface area contributed by atoms with Crippen LogP contribution in [0.25, 0.3) is 11.3 Å². The number of hydrogen-bond donors (Lipinski definition) is 2. The molecule has 3 heterocycles. The number of nitrogens with one attached hydrogen (secondary N) is 2. The van der Waals surface area contributed by atoms with Gasteiger partial charge in [-0.15, -0.1) is 11.3 Å². The fourth-order valence-corrected chi connectivity index (χ4v) is 7.07. The van der Waals surface area contributed by atoms with Gasteiger partial charge in [0.15, 0.2) is 21.3 Å². The van der Waals surface area contributed by atoms with Crippen molar-refractivity contribution in [3.05, 3.63) is 76.2 Å². The number of carbonyl (C=O) groups is 2. The molecule has 2 N–H and O–H groups in total. The SMILES string of the molecule is CCCS(=O)(=O)c1ccc(-c2cc(C(=O)Nc3sc4c(c3C(=O)NCc3ccco3)CCCC4)no2)cc1. The molecule has 3 aromatic heterocycles. The average molecular weight is 554 g/mol. The van der Waals surface area contributed by atoms with E-state index in [2.05, 4.69) is 15.8 Å². The summed E-state index contributed by atoms with van der Waals surface area (Å²) in [5.74, 6) is 0.278. The number of fused-ring (bicyclic) bond motifs is 1. The zero-order chi connectivity index (χ0) is 26.7.